The molecule has 0 aromatic heterocycles. The van der Waals surface area contributed by atoms with E-state index in [1.807, 2.05) is 0 Å². The molecule has 128 valence electrons. The Morgan fingerprint density at radius 2 is 1.86 bits per heavy atom. The molecule has 1 N–H and O–H groups in total. The second-order valence-electron chi connectivity index (χ2n) is 6.91. The largest absolute Gasteiger partial charge is 0.336 e. The van der Waals surface area contributed by atoms with E-state index in [0.717, 1.165) is 19.0 Å². The van der Waals surface area contributed by atoms with E-state index >= 15 is 0 Å². The van der Waals surface area contributed by atoms with Gasteiger partial charge < -0.3 is 10.2 Å². The number of nitrogens with one attached hydrogen (secondary N) is 1. The SMILES string of the molecule is CC1CCN(C(C)CNC(=O)N2CCS(=O)(=O)CC2C)CC1. The van der Waals surface area contributed by atoms with E-state index in [2.05, 4.69) is 24.1 Å². The number of sulfone groups is 1. The predicted octanol–water partition coefficient (Wildman–Crippen LogP) is 0.935. The van der Waals surface area contributed by atoms with Crippen molar-refractivity contribution in [2.24, 2.45) is 5.92 Å². The van der Waals surface area contributed by atoms with Gasteiger partial charge in [0.1, 0.15) is 0 Å². The fraction of sp³-hybridized carbons (Fsp3) is 0.933. The highest BCUT2D eigenvalue weighted by atomic mass is 32.2. The number of piperidine rings is 1. The van der Waals surface area contributed by atoms with Crippen molar-refractivity contribution in [2.45, 2.75) is 45.7 Å². The normalized spacial score (nSPS) is 28.3. The fourth-order valence-electron chi connectivity index (χ4n) is 3.24. The summed E-state index contributed by atoms with van der Waals surface area (Å²) in [5.74, 6) is 0.943. The molecular formula is C15H29N3O3S. The summed E-state index contributed by atoms with van der Waals surface area (Å²) >= 11 is 0. The van der Waals surface area contributed by atoms with Crippen LogP contribution in [-0.4, -0.2) is 74.0 Å². The second-order valence-corrected chi connectivity index (χ2v) is 9.14. The van der Waals surface area contributed by atoms with Gasteiger partial charge in [0.15, 0.2) is 9.84 Å². The summed E-state index contributed by atoms with van der Waals surface area (Å²) < 4.78 is 23.1. The predicted molar refractivity (Wildman–Crippen MR) is 87.7 cm³/mol. The zero-order valence-electron chi connectivity index (χ0n) is 13.9. The number of hydrogen-bond donors (Lipinski definition) is 1. The van der Waals surface area contributed by atoms with Crippen LogP contribution in [0, 0.1) is 5.92 Å². The summed E-state index contributed by atoms with van der Waals surface area (Å²) in [5, 5.41) is 2.97. The first-order valence-corrected chi connectivity index (χ1v) is 10.1. The molecule has 2 aliphatic heterocycles. The van der Waals surface area contributed by atoms with Crippen LogP contribution in [0.15, 0.2) is 0 Å². The lowest BCUT2D eigenvalue weighted by molar-refractivity contribution is 0.140. The Balaban J connectivity index is 1.77. The smallest absolute Gasteiger partial charge is 0.317 e. The third-order valence-corrected chi connectivity index (χ3v) is 6.72. The van der Waals surface area contributed by atoms with Crippen LogP contribution >= 0.6 is 0 Å². The van der Waals surface area contributed by atoms with Gasteiger partial charge in [-0.1, -0.05) is 6.92 Å². The number of likely N-dealkylation sites (tertiary alicyclic amines) is 1. The Hall–Kier alpha value is -0.820. The number of rotatable bonds is 3. The minimum Gasteiger partial charge on any atom is -0.336 e. The summed E-state index contributed by atoms with van der Waals surface area (Å²) in [6, 6.07) is -0.0650. The Kier molecular flexibility index (Phi) is 5.71. The Morgan fingerprint density at radius 3 is 2.45 bits per heavy atom. The molecule has 2 fully saturated rings. The molecule has 2 unspecified atom stereocenters. The van der Waals surface area contributed by atoms with Gasteiger partial charge in [-0.2, -0.15) is 0 Å². The van der Waals surface area contributed by atoms with Gasteiger partial charge in [-0.15, -0.1) is 0 Å². The van der Waals surface area contributed by atoms with Gasteiger partial charge >= 0.3 is 6.03 Å². The molecule has 2 amide bonds. The number of hydrogen-bond acceptors (Lipinski definition) is 4. The van der Waals surface area contributed by atoms with Crippen molar-refractivity contribution in [3.8, 4) is 0 Å². The third-order valence-electron chi connectivity index (χ3n) is 4.92. The van der Waals surface area contributed by atoms with Crippen LogP contribution in [-0.2, 0) is 9.84 Å². The van der Waals surface area contributed by atoms with Gasteiger partial charge in [0, 0.05) is 25.2 Å². The Labute approximate surface area is 134 Å². The molecule has 2 aliphatic rings. The van der Waals surface area contributed by atoms with Crippen molar-refractivity contribution < 1.29 is 13.2 Å². The van der Waals surface area contributed by atoms with Gasteiger partial charge in [0.25, 0.3) is 0 Å². The summed E-state index contributed by atoms with van der Waals surface area (Å²) in [4.78, 5) is 16.3. The lowest BCUT2D eigenvalue weighted by atomic mass is 9.98. The lowest BCUT2D eigenvalue weighted by Crippen LogP contribution is -2.55. The highest BCUT2D eigenvalue weighted by Gasteiger charge is 2.31. The van der Waals surface area contributed by atoms with Gasteiger partial charge in [0.2, 0.25) is 0 Å². The monoisotopic (exact) mass is 331 g/mol. The van der Waals surface area contributed by atoms with Crippen LogP contribution in [0.3, 0.4) is 0 Å². The zero-order valence-corrected chi connectivity index (χ0v) is 14.7. The Bertz CT molecular complexity index is 486. The first-order valence-electron chi connectivity index (χ1n) is 8.27. The van der Waals surface area contributed by atoms with Crippen LogP contribution in [0.1, 0.15) is 33.6 Å². The van der Waals surface area contributed by atoms with Gasteiger partial charge in [-0.05, 0) is 45.7 Å². The van der Waals surface area contributed by atoms with E-state index in [1.165, 1.54) is 12.8 Å². The minimum atomic E-state index is -2.98. The molecule has 6 nitrogen and oxygen atoms in total. The van der Waals surface area contributed by atoms with E-state index in [0.29, 0.717) is 19.1 Å². The topological polar surface area (TPSA) is 69.7 Å². The van der Waals surface area contributed by atoms with Crippen LogP contribution in [0.2, 0.25) is 0 Å². The minimum absolute atomic E-state index is 0.0694. The van der Waals surface area contributed by atoms with E-state index in [9.17, 15) is 13.2 Å². The van der Waals surface area contributed by atoms with E-state index < -0.39 is 9.84 Å². The van der Waals surface area contributed by atoms with Crippen LogP contribution in [0.25, 0.3) is 0 Å². The molecule has 2 heterocycles. The maximum absolute atomic E-state index is 12.3. The lowest BCUT2D eigenvalue weighted by Gasteiger charge is -2.36. The number of carbonyl (C=O) groups excluding carboxylic acids is 1. The molecule has 2 atom stereocenters. The number of nitrogens with zero attached hydrogens (tertiary/aromatic N) is 2. The standard InChI is InChI=1S/C15H29N3O3S/c1-12-4-6-17(7-5-12)13(2)10-16-15(19)18-8-9-22(20,21)11-14(18)3/h12-14H,4-11H2,1-3H3,(H,16,19). The average Bonchev–Trinajstić information content (AvgIpc) is 2.44. The summed E-state index contributed by atoms with van der Waals surface area (Å²) in [6.07, 6.45) is 2.44. The number of urea groups is 1. The number of carbonyl (C=O) groups is 1. The summed E-state index contributed by atoms with van der Waals surface area (Å²) in [6.45, 7) is 9.32. The average molecular weight is 331 g/mol. The maximum Gasteiger partial charge on any atom is 0.317 e. The van der Waals surface area contributed by atoms with Crippen LogP contribution in [0.4, 0.5) is 4.79 Å². The van der Waals surface area contributed by atoms with Crippen LogP contribution < -0.4 is 5.32 Å². The van der Waals surface area contributed by atoms with Crippen LogP contribution in [0.5, 0.6) is 0 Å². The second kappa shape index (κ2) is 7.17. The molecule has 0 aromatic carbocycles. The van der Waals surface area contributed by atoms with Gasteiger partial charge in [-0.3, -0.25) is 4.90 Å². The molecule has 22 heavy (non-hydrogen) atoms. The molecule has 7 heteroatoms. The van der Waals surface area contributed by atoms with E-state index in [4.69, 9.17) is 0 Å². The summed E-state index contributed by atoms with van der Waals surface area (Å²) in [5.41, 5.74) is 0. The molecule has 0 spiro atoms. The molecule has 0 aromatic rings. The molecular weight excluding hydrogens is 302 g/mol. The van der Waals surface area contributed by atoms with Crippen molar-refractivity contribution in [1.29, 1.82) is 0 Å². The number of amides is 2. The van der Waals surface area contributed by atoms with E-state index in [1.54, 1.807) is 11.8 Å². The van der Waals surface area contributed by atoms with Gasteiger partial charge in [0.05, 0.1) is 11.5 Å². The third kappa shape index (κ3) is 4.59. The zero-order chi connectivity index (χ0) is 16.3. The summed E-state index contributed by atoms with van der Waals surface area (Å²) in [7, 11) is -2.98. The molecule has 2 rings (SSSR count). The molecule has 0 aliphatic carbocycles. The first kappa shape index (κ1) is 17.5. The molecule has 0 radical (unpaired) electrons. The van der Waals surface area contributed by atoms with Crippen molar-refractivity contribution in [3.63, 3.8) is 0 Å². The van der Waals surface area contributed by atoms with Crippen molar-refractivity contribution in [1.82, 2.24) is 15.1 Å². The molecule has 0 bridgehead atoms. The van der Waals surface area contributed by atoms with Crippen molar-refractivity contribution >= 4 is 15.9 Å². The maximum atomic E-state index is 12.3. The molecule has 0 saturated carbocycles. The van der Waals surface area contributed by atoms with Crippen molar-refractivity contribution in [3.05, 3.63) is 0 Å². The highest BCUT2D eigenvalue weighted by molar-refractivity contribution is 7.91. The Morgan fingerprint density at radius 1 is 1.23 bits per heavy atom. The van der Waals surface area contributed by atoms with Crippen molar-refractivity contribution in [2.75, 3.05) is 37.7 Å². The highest BCUT2D eigenvalue weighted by Crippen LogP contribution is 2.18. The quantitative estimate of drug-likeness (QED) is 0.835. The van der Waals surface area contributed by atoms with Gasteiger partial charge in [-0.25, -0.2) is 13.2 Å². The first-order chi connectivity index (χ1) is 10.3. The van der Waals surface area contributed by atoms with E-state index in [-0.39, 0.29) is 23.6 Å². The molecule has 2 saturated heterocycles. The fourth-order valence-corrected chi connectivity index (χ4v) is 4.79.